The summed E-state index contributed by atoms with van der Waals surface area (Å²) in [5.41, 5.74) is 2.65. The molecule has 0 aromatic heterocycles. The molecule has 0 saturated carbocycles. The van der Waals surface area contributed by atoms with Crippen molar-refractivity contribution in [1.82, 2.24) is 10.2 Å². The summed E-state index contributed by atoms with van der Waals surface area (Å²) >= 11 is 0. The smallest absolute Gasteiger partial charge is 0.234 e. The quantitative estimate of drug-likeness (QED) is 0.888. The van der Waals surface area contributed by atoms with Gasteiger partial charge in [0, 0.05) is 6.04 Å². The molecule has 2 atom stereocenters. The summed E-state index contributed by atoms with van der Waals surface area (Å²) in [6, 6.07) is 8.33. The first-order valence-corrected chi connectivity index (χ1v) is 10.8. The number of hydrogen-bond acceptors (Lipinski definition) is 4. The molecule has 5 nitrogen and oxygen atoms in total. The van der Waals surface area contributed by atoms with E-state index >= 15 is 0 Å². The van der Waals surface area contributed by atoms with Crippen LogP contribution in [-0.2, 0) is 20.0 Å². The lowest BCUT2D eigenvalue weighted by atomic mass is 9.71. The van der Waals surface area contributed by atoms with E-state index in [0.717, 1.165) is 12.8 Å². The number of amides is 1. The van der Waals surface area contributed by atoms with Gasteiger partial charge < -0.3 is 5.32 Å². The van der Waals surface area contributed by atoms with Gasteiger partial charge in [0.05, 0.1) is 24.1 Å². The van der Waals surface area contributed by atoms with Crippen LogP contribution in [0.1, 0.15) is 50.3 Å². The van der Waals surface area contributed by atoms with Gasteiger partial charge in [0.25, 0.3) is 0 Å². The number of likely N-dealkylation sites (N-methyl/N-ethyl adjacent to an activating group) is 1. The molecular weight excluding hydrogens is 336 g/mol. The molecule has 1 aromatic carbocycles. The van der Waals surface area contributed by atoms with Crippen LogP contribution in [0.25, 0.3) is 0 Å². The zero-order chi connectivity index (χ0) is 18.2. The monoisotopic (exact) mass is 364 g/mol. The fourth-order valence-electron chi connectivity index (χ4n) is 4.08. The molecule has 0 unspecified atom stereocenters. The van der Waals surface area contributed by atoms with Crippen molar-refractivity contribution in [2.45, 2.75) is 50.6 Å². The van der Waals surface area contributed by atoms with Crippen LogP contribution in [0.2, 0.25) is 0 Å². The molecule has 0 radical (unpaired) electrons. The van der Waals surface area contributed by atoms with Gasteiger partial charge in [0.2, 0.25) is 5.91 Å². The molecule has 1 fully saturated rings. The van der Waals surface area contributed by atoms with E-state index in [1.807, 2.05) is 18.0 Å². The van der Waals surface area contributed by atoms with Crippen molar-refractivity contribution in [3.8, 4) is 0 Å². The lowest BCUT2D eigenvalue weighted by molar-refractivity contribution is -0.123. The van der Waals surface area contributed by atoms with Gasteiger partial charge in [-0.3, -0.25) is 9.69 Å². The number of nitrogens with one attached hydrogen (secondary N) is 1. The van der Waals surface area contributed by atoms with E-state index in [0.29, 0.717) is 6.42 Å². The standard InChI is InChI=1S/C19H28N2O3S/c1-19(2)10-8-17(15-6-4-5-7-16(15)19)20-18(22)12-21(3)14-9-11-25(23,24)13-14/h4-7,14,17H,8-13H2,1-3H3,(H,20,22)/t14-,17-/m0/s1. The van der Waals surface area contributed by atoms with Gasteiger partial charge >= 0.3 is 0 Å². The minimum absolute atomic E-state index is 0.0358. The third-order valence-corrected chi connectivity index (χ3v) is 7.43. The second-order valence-electron chi connectivity index (χ2n) is 8.10. The summed E-state index contributed by atoms with van der Waals surface area (Å²) in [5, 5.41) is 3.16. The first kappa shape index (κ1) is 18.4. The molecule has 1 saturated heterocycles. The van der Waals surface area contributed by atoms with E-state index in [4.69, 9.17) is 0 Å². The molecule has 0 bridgehead atoms. The average Bonchev–Trinajstić information content (AvgIpc) is 2.91. The normalized spacial score (nSPS) is 27.0. The summed E-state index contributed by atoms with van der Waals surface area (Å²) in [5.74, 6) is 0.359. The van der Waals surface area contributed by atoms with Gasteiger partial charge in [-0.15, -0.1) is 0 Å². The van der Waals surface area contributed by atoms with E-state index in [9.17, 15) is 13.2 Å². The van der Waals surface area contributed by atoms with Crippen molar-refractivity contribution in [2.24, 2.45) is 0 Å². The van der Waals surface area contributed by atoms with Crippen LogP contribution in [-0.4, -0.2) is 50.4 Å². The molecule has 1 N–H and O–H groups in total. The number of carbonyl (C=O) groups excluding carboxylic acids is 1. The van der Waals surface area contributed by atoms with E-state index in [2.05, 4.69) is 37.4 Å². The summed E-state index contributed by atoms with van der Waals surface area (Å²) in [4.78, 5) is 14.4. The zero-order valence-electron chi connectivity index (χ0n) is 15.3. The van der Waals surface area contributed by atoms with Gasteiger partial charge in [-0.05, 0) is 42.9 Å². The third kappa shape index (κ3) is 4.06. The molecule has 1 aliphatic heterocycles. The molecule has 1 aromatic rings. The maximum Gasteiger partial charge on any atom is 0.234 e. The lowest BCUT2D eigenvalue weighted by Crippen LogP contribution is -2.43. The second-order valence-corrected chi connectivity index (χ2v) is 10.3. The fourth-order valence-corrected chi connectivity index (χ4v) is 5.89. The highest BCUT2D eigenvalue weighted by Gasteiger charge is 2.34. The molecule has 6 heteroatoms. The number of sulfone groups is 1. The van der Waals surface area contributed by atoms with Crippen LogP contribution in [0.4, 0.5) is 0 Å². The zero-order valence-corrected chi connectivity index (χ0v) is 16.1. The Morgan fingerprint density at radius 3 is 2.68 bits per heavy atom. The molecule has 25 heavy (non-hydrogen) atoms. The van der Waals surface area contributed by atoms with E-state index in [-0.39, 0.29) is 41.5 Å². The Balaban J connectivity index is 1.64. The minimum Gasteiger partial charge on any atom is -0.348 e. The predicted octanol–water partition coefficient (Wildman–Crippen LogP) is 2.03. The topological polar surface area (TPSA) is 66.5 Å². The first-order chi connectivity index (χ1) is 11.7. The Morgan fingerprint density at radius 2 is 2.00 bits per heavy atom. The lowest BCUT2D eigenvalue weighted by Gasteiger charge is -2.37. The van der Waals surface area contributed by atoms with Crippen LogP contribution in [0.15, 0.2) is 24.3 Å². The number of nitrogens with zero attached hydrogens (tertiary/aromatic N) is 1. The van der Waals surface area contributed by atoms with Crippen LogP contribution in [0.3, 0.4) is 0 Å². The van der Waals surface area contributed by atoms with Crippen molar-refractivity contribution in [3.63, 3.8) is 0 Å². The fraction of sp³-hybridized carbons (Fsp3) is 0.632. The number of benzene rings is 1. The van der Waals surface area contributed by atoms with Crippen LogP contribution < -0.4 is 5.32 Å². The summed E-state index contributed by atoms with van der Waals surface area (Å²) in [6.45, 7) is 4.73. The maximum absolute atomic E-state index is 12.5. The summed E-state index contributed by atoms with van der Waals surface area (Å²) in [6.07, 6.45) is 2.58. The number of rotatable bonds is 4. The van der Waals surface area contributed by atoms with Crippen molar-refractivity contribution in [2.75, 3.05) is 25.1 Å². The van der Waals surface area contributed by atoms with Gasteiger partial charge in [-0.2, -0.15) is 0 Å². The van der Waals surface area contributed by atoms with Gasteiger partial charge in [0.15, 0.2) is 9.84 Å². The Labute approximate surface area is 150 Å². The Hall–Kier alpha value is -1.40. The second kappa shape index (κ2) is 6.72. The van der Waals surface area contributed by atoms with Gasteiger partial charge in [0.1, 0.15) is 0 Å². The van der Waals surface area contributed by atoms with E-state index in [1.165, 1.54) is 11.1 Å². The molecular formula is C19H28N2O3S. The highest BCUT2D eigenvalue weighted by atomic mass is 32.2. The minimum atomic E-state index is -2.93. The van der Waals surface area contributed by atoms with Gasteiger partial charge in [-0.1, -0.05) is 38.1 Å². The molecule has 1 aliphatic carbocycles. The molecule has 3 rings (SSSR count). The number of hydrogen-bond donors (Lipinski definition) is 1. The highest BCUT2D eigenvalue weighted by Crippen LogP contribution is 2.41. The third-order valence-electron chi connectivity index (χ3n) is 5.68. The first-order valence-electron chi connectivity index (χ1n) is 8.97. The SMILES string of the molecule is CN(CC(=O)N[C@H]1CCC(C)(C)c2ccccc21)[C@H]1CCS(=O)(=O)C1. The summed E-state index contributed by atoms with van der Waals surface area (Å²) in [7, 11) is -1.09. The van der Waals surface area contributed by atoms with Crippen LogP contribution in [0, 0.1) is 0 Å². The highest BCUT2D eigenvalue weighted by molar-refractivity contribution is 7.91. The largest absolute Gasteiger partial charge is 0.348 e. The van der Waals surface area contributed by atoms with E-state index < -0.39 is 9.84 Å². The molecule has 1 heterocycles. The molecule has 1 amide bonds. The number of carbonyl (C=O) groups is 1. The molecule has 0 spiro atoms. The molecule has 2 aliphatic rings. The van der Waals surface area contributed by atoms with Crippen LogP contribution in [0.5, 0.6) is 0 Å². The van der Waals surface area contributed by atoms with Crippen molar-refractivity contribution in [1.29, 1.82) is 0 Å². The summed E-state index contributed by atoms with van der Waals surface area (Å²) < 4.78 is 23.2. The van der Waals surface area contributed by atoms with E-state index in [1.54, 1.807) is 0 Å². The van der Waals surface area contributed by atoms with Crippen molar-refractivity contribution < 1.29 is 13.2 Å². The molecule has 138 valence electrons. The average molecular weight is 365 g/mol. The Morgan fingerprint density at radius 1 is 1.28 bits per heavy atom. The Bertz CT molecular complexity index is 758. The maximum atomic E-state index is 12.5. The Kier molecular flexibility index (Phi) is 4.95. The van der Waals surface area contributed by atoms with Crippen molar-refractivity contribution in [3.05, 3.63) is 35.4 Å². The predicted molar refractivity (Wildman–Crippen MR) is 99.3 cm³/mol. The van der Waals surface area contributed by atoms with Crippen LogP contribution >= 0.6 is 0 Å². The van der Waals surface area contributed by atoms with Gasteiger partial charge in [-0.25, -0.2) is 8.42 Å². The van der Waals surface area contributed by atoms with Crippen molar-refractivity contribution >= 4 is 15.7 Å². The number of fused-ring (bicyclic) bond motifs is 1.